The van der Waals surface area contributed by atoms with E-state index in [1.165, 1.54) is 17.5 Å². The van der Waals surface area contributed by atoms with Crippen molar-refractivity contribution < 1.29 is 14.6 Å². The molecule has 128 valence electrons. The minimum absolute atomic E-state index is 0.0185. The van der Waals surface area contributed by atoms with Crippen LogP contribution in [0.1, 0.15) is 49.8 Å². The molecule has 0 fully saturated rings. The summed E-state index contributed by atoms with van der Waals surface area (Å²) in [6, 6.07) is 8.29. The van der Waals surface area contributed by atoms with Crippen LogP contribution in [-0.4, -0.2) is 36.9 Å². The molecule has 2 atom stereocenters. The topological polar surface area (TPSA) is 70.6 Å². The normalized spacial score (nSPS) is 18.1. The third kappa shape index (κ3) is 5.84. The largest absolute Gasteiger partial charge is 0.396 e. The van der Waals surface area contributed by atoms with Crippen LogP contribution in [0.2, 0.25) is 0 Å². The van der Waals surface area contributed by atoms with E-state index >= 15 is 0 Å². The molecule has 23 heavy (non-hydrogen) atoms. The summed E-state index contributed by atoms with van der Waals surface area (Å²) in [6.07, 6.45) is 4.94. The summed E-state index contributed by atoms with van der Waals surface area (Å²) in [5, 5.41) is 14.4. The quantitative estimate of drug-likeness (QED) is 0.645. The number of ether oxygens (including phenoxy) is 1. The Bertz CT molecular complexity index is 493. The first-order chi connectivity index (χ1) is 11.2. The van der Waals surface area contributed by atoms with Gasteiger partial charge in [0.25, 0.3) is 0 Å². The number of rotatable bonds is 8. The van der Waals surface area contributed by atoms with Crippen molar-refractivity contribution in [3.63, 3.8) is 0 Å². The maximum Gasteiger partial charge on any atom is 0.314 e. The molecule has 5 heteroatoms. The average molecular weight is 320 g/mol. The first kappa shape index (κ1) is 17.8. The molecule has 1 aliphatic carbocycles. The van der Waals surface area contributed by atoms with Crippen molar-refractivity contribution in [2.75, 3.05) is 19.8 Å². The monoisotopic (exact) mass is 320 g/mol. The number of aryl methyl sites for hydroxylation is 1. The molecule has 2 rings (SSSR count). The molecule has 3 N–H and O–H groups in total. The van der Waals surface area contributed by atoms with Crippen LogP contribution in [0, 0.1) is 0 Å². The summed E-state index contributed by atoms with van der Waals surface area (Å²) in [4.78, 5) is 11.6. The highest BCUT2D eigenvalue weighted by molar-refractivity contribution is 5.74. The predicted molar refractivity (Wildman–Crippen MR) is 90.4 cm³/mol. The van der Waals surface area contributed by atoms with E-state index in [2.05, 4.69) is 34.9 Å². The lowest BCUT2D eigenvalue weighted by Crippen LogP contribution is -2.41. The number of carbonyl (C=O) groups is 1. The lowest BCUT2D eigenvalue weighted by Gasteiger charge is -2.25. The molecule has 5 nitrogen and oxygen atoms in total. The Balaban J connectivity index is 1.62. The van der Waals surface area contributed by atoms with E-state index in [1.807, 2.05) is 6.92 Å². The minimum Gasteiger partial charge on any atom is -0.396 e. The van der Waals surface area contributed by atoms with Gasteiger partial charge >= 0.3 is 6.03 Å². The standard InChI is InChI=1S/C18H28N2O3/c1-14(10-12-21)20-18(22)19-11-5-13-23-17-9-4-7-15-6-2-3-8-16(15)17/h2-3,6,8,14,17,21H,4-5,7,9-13H2,1H3,(H2,19,20,22)/t14-,17+/m1/s1. The molecule has 0 bridgehead atoms. The molecule has 0 heterocycles. The van der Waals surface area contributed by atoms with E-state index in [9.17, 15) is 4.79 Å². The van der Waals surface area contributed by atoms with E-state index in [1.54, 1.807) is 0 Å². The van der Waals surface area contributed by atoms with Crippen molar-refractivity contribution in [3.05, 3.63) is 35.4 Å². The van der Waals surface area contributed by atoms with Gasteiger partial charge in [-0.3, -0.25) is 0 Å². The molecule has 0 aliphatic heterocycles. The number of aliphatic hydroxyl groups is 1. The summed E-state index contributed by atoms with van der Waals surface area (Å²) in [7, 11) is 0. The number of carbonyl (C=O) groups excluding carboxylic acids is 1. The lowest BCUT2D eigenvalue weighted by atomic mass is 9.89. The van der Waals surface area contributed by atoms with Crippen LogP contribution >= 0.6 is 0 Å². The Labute approximate surface area is 138 Å². The van der Waals surface area contributed by atoms with Crippen LogP contribution in [0.15, 0.2) is 24.3 Å². The lowest BCUT2D eigenvalue weighted by molar-refractivity contribution is 0.0396. The summed E-state index contributed by atoms with van der Waals surface area (Å²) in [5.41, 5.74) is 2.72. The second-order valence-electron chi connectivity index (χ2n) is 6.12. The van der Waals surface area contributed by atoms with E-state index < -0.39 is 0 Å². The number of amides is 2. The Kier molecular flexibility index (Phi) is 7.36. The molecular weight excluding hydrogens is 292 g/mol. The van der Waals surface area contributed by atoms with E-state index in [4.69, 9.17) is 9.84 Å². The van der Waals surface area contributed by atoms with Gasteiger partial charge in [-0.2, -0.15) is 0 Å². The third-order valence-corrected chi connectivity index (χ3v) is 4.18. The maximum absolute atomic E-state index is 11.6. The third-order valence-electron chi connectivity index (χ3n) is 4.18. The first-order valence-electron chi connectivity index (χ1n) is 8.55. The second-order valence-corrected chi connectivity index (χ2v) is 6.12. The molecular formula is C18H28N2O3. The second kappa shape index (κ2) is 9.53. The zero-order valence-corrected chi connectivity index (χ0v) is 13.9. The van der Waals surface area contributed by atoms with Crippen LogP contribution in [0.4, 0.5) is 4.79 Å². The number of urea groups is 1. The van der Waals surface area contributed by atoms with E-state index in [0.29, 0.717) is 19.6 Å². The van der Waals surface area contributed by atoms with Crippen molar-refractivity contribution >= 4 is 6.03 Å². The molecule has 0 aromatic heterocycles. The van der Waals surface area contributed by atoms with Crippen molar-refractivity contribution in [1.29, 1.82) is 0 Å². The van der Waals surface area contributed by atoms with Gasteiger partial charge in [0.1, 0.15) is 0 Å². The number of hydrogen-bond acceptors (Lipinski definition) is 3. The van der Waals surface area contributed by atoms with Crippen LogP contribution in [0.5, 0.6) is 0 Å². The van der Waals surface area contributed by atoms with Crippen molar-refractivity contribution in [1.82, 2.24) is 10.6 Å². The fourth-order valence-corrected chi connectivity index (χ4v) is 2.92. The van der Waals surface area contributed by atoms with Crippen LogP contribution < -0.4 is 10.6 Å². The highest BCUT2D eigenvalue weighted by Crippen LogP contribution is 2.32. The first-order valence-corrected chi connectivity index (χ1v) is 8.55. The molecule has 1 aromatic carbocycles. The van der Waals surface area contributed by atoms with Gasteiger partial charge in [0, 0.05) is 25.8 Å². The molecule has 0 unspecified atom stereocenters. The zero-order valence-electron chi connectivity index (χ0n) is 13.9. The van der Waals surface area contributed by atoms with E-state index in [0.717, 1.165) is 19.3 Å². The summed E-state index contributed by atoms with van der Waals surface area (Å²) in [5.74, 6) is 0. The fraction of sp³-hybridized carbons (Fsp3) is 0.611. The van der Waals surface area contributed by atoms with Gasteiger partial charge in [0.2, 0.25) is 0 Å². The molecule has 2 amide bonds. The molecule has 0 saturated carbocycles. The molecule has 0 spiro atoms. The highest BCUT2D eigenvalue weighted by Gasteiger charge is 2.19. The van der Waals surface area contributed by atoms with E-state index in [-0.39, 0.29) is 24.8 Å². The Hall–Kier alpha value is -1.59. The number of hydrogen-bond donors (Lipinski definition) is 3. The number of aliphatic hydroxyl groups excluding tert-OH is 1. The average Bonchev–Trinajstić information content (AvgIpc) is 2.55. The SMILES string of the molecule is C[C@H](CCO)NC(=O)NCCCO[C@H]1CCCc2ccccc21. The Morgan fingerprint density at radius 3 is 3.09 bits per heavy atom. The molecule has 0 radical (unpaired) electrons. The van der Waals surface area contributed by atoms with Crippen LogP contribution in [-0.2, 0) is 11.2 Å². The Morgan fingerprint density at radius 2 is 2.26 bits per heavy atom. The summed E-state index contributed by atoms with van der Waals surface area (Å²) < 4.78 is 6.01. The van der Waals surface area contributed by atoms with Crippen LogP contribution in [0.3, 0.4) is 0 Å². The smallest absolute Gasteiger partial charge is 0.314 e. The number of benzene rings is 1. The van der Waals surface area contributed by atoms with Gasteiger partial charge < -0.3 is 20.5 Å². The number of fused-ring (bicyclic) bond motifs is 1. The molecule has 1 aromatic rings. The summed E-state index contributed by atoms with van der Waals surface area (Å²) >= 11 is 0. The number of nitrogens with one attached hydrogen (secondary N) is 2. The minimum atomic E-state index is -0.186. The van der Waals surface area contributed by atoms with Gasteiger partial charge in [-0.05, 0) is 50.2 Å². The van der Waals surface area contributed by atoms with Gasteiger partial charge in [-0.1, -0.05) is 24.3 Å². The molecule has 0 saturated heterocycles. The Morgan fingerprint density at radius 1 is 1.43 bits per heavy atom. The van der Waals surface area contributed by atoms with Crippen molar-refractivity contribution in [3.8, 4) is 0 Å². The molecule has 1 aliphatic rings. The van der Waals surface area contributed by atoms with Gasteiger partial charge in [-0.25, -0.2) is 4.79 Å². The summed E-state index contributed by atoms with van der Waals surface area (Å²) in [6.45, 7) is 3.19. The van der Waals surface area contributed by atoms with Crippen LogP contribution in [0.25, 0.3) is 0 Å². The maximum atomic E-state index is 11.6. The predicted octanol–water partition coefficient (Wildman–Crippen LogP) is 2.54. The van der Waals surface area contributed by atoms with Gasteiger partial charge in [0.05, 0.1) is 6.10 Å². The van der Waals surface area contributed by atoms with Crippen molar-refractivity contribution in [2.24, 2.45) is 0 Å². The van der Waals surface area contributed by atoms with Gasteiger partial charge in [0.15, 0.2) is 0 Å². The van der Waals surface area contributed by atoms with Gasteiger partial charge in [-0.15, -0.1) is 0 Å². The van der Waals surface area contributed by atoms with Crippen molar-refractivity contribution in [2.45, 2.75) is 51.2 Å². The fourth-order valence-electron chi connectivity index (χ4n) is 2.92. The highest BCUT2D eigenvalue weighted by atomic mass is 16.5. The zero-order chi connectivity index (χ0) is 16.5.